The van der Waals surface area contributed by atoms with Gasteiger partial charge in [0.15, 0.2) is 0 Å². The van der Waals surface area contributed by atoms with Crippen LogP contribution in [0, 0.1) is 11.7 Å². The van der Waals surface area contributed by atoms with E-state index in [-0.39, 0.29) is 42.3 Å². The third-order valence-electron chi connectivity index (χ3n) is 5.16. The normalized spacial score (nSPS) is 15.5. The number of hydrogen-bond acceptors (Lipinski definition) is 4. The number of halogens is 1. The molecular formula is C21H24FN3O4S. The van der Waals surface area contributed by atoms with Gasteiger partial charge >= 0.3 is 0 Å². The van der Waals surface area contributed by atoms with Crippen molar-refractivity contribution in [3.8, 4) is 0 Å². The average molecular weight is 434 g/mol. The number of nitrogens with one attached hydrogen (secondary N) is 2. The molecule has 0 atom stereocenters. The summed E-state index contributed by atoms with van der Waals surface area (Å²) in [6.45, 7) is 0.742. The Hall–Kier alpha value is -2.78. The van der Waals surface area contributed by atoms with Gasteiger partial charge in [0.05, 0.1) is 4.90 Å². The molecular weight excluding hydrogens is 409 g/mol. The molecule has 160 valence electrons. The Bertz CT molecular complexity index is 1020. The summed E-state index contributed by atoms with van der Waals surface area (Å²) >= 11 is 0. The number of benzene rings is 2. The highest BCUT2D eigenvalue weighted by Crippen LogP contribution is 2.24. The highest BCUT2D eigenvalue weighted by atomic mass is 32.2. The first-order valence-corrected chi connectivity index (χ1v) is 11.1. The van der Waals surface area contributed by atoms with Gasteiger partial charge in [0.25, 0.3) is 5.91 Å². The lowest BCUT2D eigenvalue weighted by Gasteiger charge is -2.30. The van der Waals surface area contributed by atoms with Crippen molar-refractivity contribution in [2.75, 3.05) is 20.1 Å². The molecule has 1 fully saturated rings. The van der Waals surface area contributed by atoms with Crippen LogP contribution in [0.1, 0.15) is 28.8 Å². The van der Waals surface area contributed by atoms with Crippen LogP contribution in [-0.2, 0) is 21.4 Å². The topological polar surface area (TPSA) is 95.6 Å². The lowest BCUT2D eigenvalue weighted by atomic mass is 9.97. The lowest BCUT2D eigenvalue weighted by Crippen LogP contribution is -2.42. The SMILES string of the molecule is CNC(=O)c1cccc(CNC(=O)C2CCN(S(=O)(=O)c3ccc(F)cc3)CC2)c1. The smallest absolute Gasteiger partial charge is 0.251 e. The highest BCUT2D eigenvalue weighted by molar-refractivity contribution is 7.89. The maximum atomic E-state index is 13.1. The summed E-state index contributed by atoms with van der Waals surface area (Å²) in [6, 6.07) is 11.7. The second-order valence-electron chi connectivity index (χ2n) is 7.13. The lowest BCUT2D eigenvalue weighted by molar-refractivity contribution is -0.126. The van der Waals surface area contributed by atoms with Gasteiger partial charge in [-0.2, -0.15) is 4.31 Å². The Labute approximate surface area is 175 Å². The van der Waals surface area contributed by atoms with Crippen LogP contribution < -0.4 is 10.6 Å². The minimum atomic E-state index is -3.70. The molecule has 0 unspecified atom stereocenters. The van der Waals surface area contributed by atoms with E-state index < -0.39 is 15.8 Å². The number of piperidine rings is 1. The van der Waals surface area contributed by atoms with Gasteiger partial charge in [-0.1, -0.05) is 12.1 Å². The van der Waals surface area contributed by atoms with Gasteiger partial charge in [-0.25, -0.2) is 12.8 Å². The zero-order valence-electron chi connectivity index (χ0n) is 16.6. The highest BCUT2D eigenvalue weighted by Gasteiger charge is 2.32. The molecule has 3 rings (SSSR count). The largest absolute Gasteiger partial charge is 0.355 e. The van der Waals surface area contributed by atoms with Crippen molar-refractivity contribution in [2.45, 2.75) is 24.3 Å². The van der Waals surface area contributed by atoms with Crippen molar-refractivity contribution in [2.24, 2.45) is 5.92 Å². The van der Waals surface area contributed by atoms with Crippen LogP contribution in [0.25, 0.3) is 0 Å². The number of rotatable bonds is 6. The van der Waals surface area contributed by atoms with Crippen LogP contribution in [0.3, 0.4) is 0 Å². The number of sulfonamides is 1. The molecule has 0 radical (unpaired) electrons. The van der Waals surface area contributed by atoms with Crippen molar-refractivity contribution in [1.29, 1.82) is 0 Å². The van der Waals surface area contributed by atoms with Gasteiger partial charge in [-0.05, 0) is 54.8 Å². The molecule has 30 heavy (non-hydrogen) atoms. The predicted octanol–water partition coefficient (Wildman–Crippen LogP) is 1.90. The van der Waals surface area contributed by atoms with Gasteiger partial charge in [0.2, 0.25) is 15.9 Å². The summed E-state index contributed by atoms with van der Waals surface area (Å²) in [5.74, 6) is -1.12. The molecule has 2 aromatic rings. The zero-order valence-corrected chi connectivity index (χ0v) is 17.4. The molecule has 1 saturated heterocycles. The van der Waals surface area contributed by atoms with Crippen LogP contribution in [0.15, 0.2) is 53.4 Å². The van der Waals surface area contributed by atoms with E-state index in [4.69, 9.17) is 0 Å². The van der Waals surface area contributed by atoms with Gasteiger partial charge in [-0.3, -0.25) is 9.59 Å². The van der Waals surface area contributed by atoms with E-state index in [1.165, 1.54) is 16.4 Å². The number of carbonyl (C=O) groups is 2. The molecule has 0 bridgehead atoms. The van der Waals surface area contributed by atoms with Gasteiger partial charge in [0.1, 0.15) is 5.82 Å². The molecule has 2 amide bonds. The molecule has 2 aromatic carbocycles. The second-order valence-corrected chi connectivity index (χ2v) is 9.07. The van der Waals surface area contributed by atoms with Crippen molar-refractivity contribution >= 4 is 21.8 Å². The van der Waals surface area contributed by atoms with Crippen molar-refractivity contribution in [1.82, 2.24) is 14.9 Å². The van der Waals surface area contributed by atoms with Gasteiger partial charge in [-0.15, -0.1) is 0 Å². The fourth-order valence-electron chi connectivity index (χ4n) is 3.41. The maximum Gasteiger partial charge on any atom is 0.251 e. The monoisotopic (exact) mass is 433 g/mol. The number of nitrogens with zero attached hydrogens (tertiary/aromatic N) is 1. The van der Waals surface area contributed by atoms with Gasteiger partial charge in [0, 0.05) is 38.2 Å². The van der Waals surface area contributed by atoms with Crippen molar-refractivity contribution in [3.05, 3.63) is 65.5 Å². The van der Waals surface area contributed by atoms with Crippen LogP contribution in [0.5, 0.6) is 0 Å². The Morgan fingerprint density at radius 3 is 2.40 bits per heavy atom. The summed E-state index contributed by atoms with van der Waals surface area (Å²) < 4.78 is 39.7. The maximum absolute atomic E-state index is 13.1. The van der Waals surface area contributed by atoms with E-state index in [9.17, 15) is 22.4 Å². The third kappa shape index (κ3) is 5.03. The van der Waals surface area contributed by atoms with Crippen LogP contribution in [-0.4, -0.2) is 44.7 Å². The van der Waals surface area contributed by atoms with E-state index in [1.807, 2.05) is 6.07 Å². The van der Waals surface area contributed by atoms with Crippen LogP contribution in [0.4, 0.5) is 4.39 Å². The quantitative estimate of drug-likeness (QED) is 0.727. The average Bonchev–Trinajstić information content (AvgIpc) is 2.77. The fourth-order valence-corrected chi connectivity index (χ4v) is 4.88. The van der Waals surface area contributed by atoms with Crippen molar-refractivity contribution < 1.29 is 22.4 Å². The Morgan fingerprint density at radius 1 is 1.10 bits per heavy atom. The minimum absolute atomic E-state index is 0.0443. The summed E-state index contributed by atoms with van der Waals surface area (Å²) in [4.78, 5) is 24.3. The number of hydrogen-bond donors (Lipinski definition) is 2. The Kier molecular flexibility index (Phi) is 6.84. The van der Waals surface area contributed by atoms with E-state index in [0.29, 0.717) is 18.4 Å². The van der Waals surface area contributed by atoms with Crippen LogP contribution >= 0.6 is 0 Å². The molecule has 9 heteroatoms. The summed E-state index contributed by atoms with van der Waals surface area (Å²) in [5, 5.41) is 5.42. The first kappa shape index (κ1) is 21.9. The third-order valence-corrected chi connectivity index (χ3v) is 7.07. The van der Waals surface area contributed by atoms with E-state index in [0.717, 1.165) is 17.7 Å². The molecule has 0 aromatic heterocycles. The first-order chi connectivity index (χ1) is 14.3. The zero-order chi connectivity index (χ0) is 21.7. The summed E-state index contributed by atoms with van der Waals surface area (Å²) in [5.41, 5.74) is 1.32. The van der Waals surface area contributed by atoms with Gasteiger partial charge < -0.3 is 10.6 Å². The summed E-state index contributed by atoms with van der Waals surface area (Å²) in [7, 11) is -2.15. The molecule has 2 N–H and O–H groups in total. The molecule has 0 spiro atoms. The van der Waals surface area contributed by atoms with E-state index in [2.05, 4.69) is 10.6 Å². The Morgan fingerprint density at radius 2 is 1.77 bits per heavy atom. The molecule has 0 aliphatic carbocycles. The molecule has 1 heterocycles. The van der Waals surface area contributed by atoms with E-state index in [1.54, 1.807) is 25.2 Å². The number of amides is 2. The molecule has 1 aliphatic rings. The van der Waals surface area contributed by atoms with Crippen LogP contribution in [0.2, 0.25) is 0 Å². The summed E-state index contributed by atoms with van der Waals surface area (Å²) in [6.07, 6.45) is 0.815. The molecule has 1 aliphatic heterocycles. The number of carbonyl (C=O) groups excluding carboxylic acids is 2. The standard InChI is InChI=1S/C21H24FN3O4S/c1-23-20(26)17-4-2-3-15(13-17)14-24-21(27)16-9-11-25(12-10-16)30(28,29)19-7-5-18(22)6-8-19/h2-8,13,16H,9-12,14H2,1H3,(H,23,26)(H,24,27). The predicted molar refractivity (Wildman–Crippen MR) is 110 cm³/mol. The van der Waals surface area contributed by atoms with E-state index >= 15 is 0 Å². The minimum Gasteiger partial charge on any atom is -0.355 e. The fraction of sp³-hybridized carbons (Fsp3) is 0.333. The molecule has 0 saturated carbocycles. The van der Waals surface area contributed by atoms with Crippen molar-refractivity contribution in [3.63, 3.8) is 0 Å². The Balaban J connectivity index is 1.54. The molecule has 7 nitrogen and oxygen atoms in total. The second kappa shape index (κ2) is 9.36. The first-order valence-electron chi connectivity index (χ1n) is 9.65.